The van der Waals surface area contributed by atoms with Crippen molar-refractivity contribution < 1.29 is 22.1 Å². The Morgan fingerprint density at radius 2 is 1.81 bits per heavy atom. The molecule has 2 aromatic carbocycles. The van der Waals surface area contributed by atoms with Crippen LogP contribution in [0.3, 0.4) is 0 Å². The van der Waals surface area contributed by atoms with Crippen LogP contribution in [0.15, 0.2) is 59.0 Å². The Morgan fingerprint density at radius 3 is 2.33 bits per heavy atom. The topological polar surface area (TPSA) is 97.8 Å². The van der Waals surface area contributed by atoms with Crippen molar-refractivity contribution in [3.63, 3.8) is 0 Å². The number of benzene rings is 2. The lowest BCUT2D eigenvalue weighted by Crippen LogP contribution is -2.09. The predicted octanol–water partition coefficient (Wildman–Crippen LogP) is 3.48. The molecule has 0 aliphatic carbocycles. The molecule has 0 bridgehead atoms. The van der Waals surface area contributed by atoms with Crippen LogP contribution in [0.25, 0.3) is 10.9 Å². The van der Waals surface area contributed by atoms with E-state index in [1.165, 1.54) is 54.6 Å². The monoisotopic (exact) mass is 382 g/mol. The standard InChI is InChI=1S/C19H14N2O5S/c1-3-25-19(22)15(13-20)12-14-4-8-17(9-5-14)26-27(23,24)18-10-6-16(21-2)7-11-18/h4-12H,3H2,1H3. The first kappa shape index (κ1) is 19.7. The van der Waals surface area contributed by atoms with Gasteiger partial charge in [-0.1, -0.05) is 36.4 Å². The molecule has 0 radical (unpaired) electrons. The summed E-state index contributed by atoms with van der Waals surface area (Å²) in [5.41, 5.74) is 0.656. The Kier molecular flexibility index (Phi) is 6.32. The fourth-order valence-electron chi connectivity index (χ4n) is 1.99. The summed E-state index contributed by atoms with van der Waals surface area (Å²) in [7, 11) is -4.04. The quantitative estimate of drug-likeness (QED) is 0.249. The molecule has 27 heavy (non-hydrogen) atoms. The lowest BCUT2D eigenvalue weighted by atomic mass is 10.1. The van der Waals surface area contributed by atoms with Gasteiger partial charge in [0, 0.05) is 0 Å². The molecule has 0 heterocycles. The van der Waals surface area contributed by atoms with Gasteiger partial charge in [0.05, 0.1) is 13.2 Å². The molecule has 0 spiro atoms. The van der Waals surface area contributed by atoms with Crippen LogP contribution in [0, 0.1) is 17.9 Å². The fraction of sp³-hybridized carbons (Fsp3) is 0.105. The normalized spacial score (nSPS) is 11.1. The maximum absolute atomic E-state index is 12.3. The zero-order valence-electron chi connectivity index (χ0n) is 14.2. The van der Waals surface area contributed by atoms with Crippen LogP contribution in [-0.4, -0.2) is 21.0 Å². The minimum absolute atomic E-state index is 0.0658. The summed E-state index contributed by atoms with van der Waals surface area (Å²) in [6.07, 6.45) is 1.33. The number of hydrogen-bond acceptors (Lipinski definition) is 6. The predicted molar refractivity (Wildman–Crippen MR) is 97.2 cm³/mol. The van der Waals surface area contributed by atoms with Gasteiger partial charge in [-0.05, 0) is 30.7 Å². The van der Waals surface area contributed by atoms with Crippen LogP contribution < -0.4 is 4.18 Å². The van der Waals surface area contributed by atoms with Crippen molar-refractivity contribution in [3.05, 3.63) is 71.1 Å². The number of ether oxygens (including phenoxy) is 1. The third-order valence-electron chi connectivity index (χ3n) is 3.27. The summed E-state index contributed by atoms with van der Waals surface area (Å²) in [6.45, 7) is 8.66. The van der Waals surface area contributed by atoms with Crippen molar-refractivity contribution in [1.29, 1.82) is 5.26 Å². The molecule has 0 N–H and O–H groups in total. The number of carbonyl (C=O) groups excluding carboxylic acids is 1. The molecule has 0 fully saturated rings. The van der Waals surface area contributed by atoms with Crippen LogP contribution in [0.5, 0.6) is 5.75 Å². The average Bonchev–Trinajstić information content (AvgIpc) is 2.67. The second-order valence-corrected chi connectivity index (χ2v) is 6.65. The summed E-state index contributed by atoms with van der Waals surface area (Å²) in [4.78, 5) is 14.7. The number of nitriles is 1. The van der Waals surface area contributed by atoms with Gasteiger partial charge in [0.2, 0.25) is 0 Å². The van der Waals surface area contributed by atoms with Crippen molar-refractivity contribution in [2.45, 2.75) is 11.8 Å². The molecule has 0 saturated heterocycles. The van der Waals surface area contributed by atoms with E-state index in [1.807, 2.05) is 0 Å². The number of carbonyl (C=O) groups is 1. The van der Waals surface area contributed by atoms with Crippen molar-refractivity contribution in [1.82, 2.24) is 0 Å². The molecule has 8 heteroatoms. The van der Waals surface area contributed by atoms with Crippen molar-refractivity contribution in [2.24, 2.45) is 0 Å². The zero-order chi connectivity index (χ0) is 19.9. The van der Waals surface area contributed by atoms with Gasteiger partial charge in [-0.15, -0.1) is 0 Å². The Hall–Kier alpha value is -3.62. The van der Waals surface area contributed by atoms with Crippen molar-refractivity contribution in [2.75, 3.05) is 6.61 Å². The summed E-state index contributed by atoms with van der Waals surface area (Å²) >= 11 is 0. The molecule has 0 aliphatic rings. The van der Waals surface area contributed by atoms with Crippen LogP contribution in [0.2, 0.25) is 0 Å². The van der Waals surface area contributed by atoms with E-state index < -0.39 is 16.1 Å². The molecular formula is C19H14N2O5S. The number of esters is 1. The Morgan fingerprint density at radius 1 is 1.19 bits per heavy atom. The van der Waals surface area contributed by atoms with Gasteiger partial charge in [-0.25, -0.2) is 9.64 Å². The second-order valence-electron chi connectivity index (χ2n) is 5.10. The SMILES string of the molecule is [C-]#[N+]c1ccc(S(=O)(=O)Oc2ccc(C=C(C#N)C(=O)OCC)cc2)cc1. The average molecular weight is 382 g/mol. The molecule has 0 unspecified atom stereocenters. The van der Waals surface area contributed by atoms with E-state index in [-0.39, 0.29) is 22.8 Å². The van der Waals surface area contributed by atoms with E-state index in [4.69, 9.17) is 20.8 Å². The maximum atomic E-state index is 12.3. The van der Waals surface area contributed by atoms with E-state index in [0.29, 0.717) is 11.3 Å². The van der Waals surface area contributed by atoms with Crippen LogP contribution >= 0.6 is 0 Å². The van der Waals surface area contributed by atoms with Gasteiger partial charge in [-0.2, -0.15) is 13.7 Å². The van der Waals surface area contributed by atoms with E-state index in [1.54, 1.807) is 13.0 Å². The molecule has 2 aromatic rings. The first-order chi connectivity index (χ1) is 12.9. The maximum Gasteiger partial charge on any atom is 0.348 e. The molecule has 136 valence electrons. The second kappa shape index (κ2) is 8.65. The number of rotatable bonds is 6. The highest BCUT2D eigenvalue weighted by molar-refractivity contribution is 7.87. The van der Waals surface area contributed by atoms with Crippen LogP contribution in [-0.2, 0) is 19.6 Å². The summed E-state index contributed by atoms with van der Waals surface area (Å²) in [5, 5.41) is 9.01. The molecule has 0 amide bonds. The smallest absolute Gasteiger partial charge is 0.348 e. The van der Waals surface area contributed by atoms with Gasteiger partial charge in [0.15, 0.2) is 5.69 Å². The van der Waals surface area contributed by atoms with E-state index in [0.717, 1.165) is 0 Å². The molecule has 0 saturated carbocycles. The van der Waals surface area contributed by atoms with Gasteiger partial charge >= 0.3 is 16.1 Å². The fourth-order valence-corrected chi connectivity index (χ4v) is 2.92. The van der Waals surface area contributed by atoms with Gasteiger partial charge in [0.1, 0.15) is 22.3 Å². The first-order valence-corrected chi connectivity index (χ1v) is 9.11. The van der Waals surface area contributed by atoms with Gasteiger partial charge in [0.25, 0.3) is 0 Å². The minimum Gasteiger partial charge on any atom is -0.462 e. The third-order valence-corrected chi connectivity index (χ3v) is 4.53. The Labute approximate surface area is 157 Å². The molecule has 0 atom stereocenters. The lowest BCUT2D eigenvalue weighted by molar-refractivity contribution is -0.137. The molecular weight excluding hydrogens is 368 g/mol. The van der Waals surface area contributed by atoms with E-state index in [9.17, 15) is 13.2 Å². The van der Waals surface area contributed by atoms with Crippen molar-refractivity contribution in [3.8, 4) is 11.8 Å². The lowest BCUT2D eigenvalue weighted by Gasteiger charge is -2.07. The summed E-state index contributed by atoms with van der Waals surface area (Å²) < 4.78 is 34.3. The molecule has 0 aliphatic heterocycles. The van der Waals surface area contributed by atoms with Crippen molar-refractivity contribution >= 4 is 27.9 Å². The highest BCUT2D eigenvalue weighted by Gasteiger charge is 2.16. The first-order valence-electron chi connectivity index (χ1n) is 7.70. The highest BCUT2D eigenvalue weighted by atomic mass is 32.2. The zero-order valence-corrected chi connectivity index (χ0v) is 15.1. The summed E-state index contributed by atoms with van der Waals surface area (Å²) in [5.74, 6) is -0.665. The summed E-state index contributed by atoms with van der Waals surface area (Å²) in [6, 6.07) is 12.9. The van der Waals surface area contributed by atoms with Crippen LogP contribution in [0.1, 0.15) is 12.5 Å². The Bertz CT molecular complexity index is 1040. The van der Waals surface area contributed by atoms with Gasteiger partial charge in [-0.3, -0.25) is 0 Å². The largest absolute Gasteiger partial charge is 0.462 e. The Balaban J connectivity index is 2.18. The van der Waals surface area contributed by atoms with Gasteiger partial charge < -0.3 is 8.92 Å². The highest BCUT2D eigenvalue weighted by Crippen LogP contribution is 2.22. The molecule has 7 nitrogen and oxygen atoms in total. The van der Waals surface area contributed by atoms with Crippen LogP contribution in [0.4, 0.5) is 5.69 Å². The van der Waals surface area contributed by atoms with E-state index in [2.05, 4.69) is 4.85 Å². The van der Waals surface area contributed by atoms with E-state index >= 15 is 0 Å². The third kappa shape index (κ3) is 5.18. The molecule has 2 rings (SSSR count). The minimum atomic E-state index is -4.04. The number of nitrogens with zero attached hydrogens (tertiary/aromatic N) is 2. The molecule has 0 aromatic heterocycles. The number of hydrogen-bond donors (Lipinski definition) is 0.